The fraction of sp³-hybridized carbons (Fsp3) is 0.200. The largest absolute Gasteiger partial charge is 0.466 e. The van der Waals surface area contributed by atoms with E-state index in [1.54, 1.807) is 0 Å². The van der Waals surface area contributed by atoms with Gasteiger partial charge in [-0.2, -0.15) is 31.4 Å². The van der Waals surface area contributed by atoms with Gasteiger partial charge < -0.3 is 4.74 Å². The van der Waals surface area contributed by atoms with Crippen molar-refractivity contribution in [3.8, 4) is 0 Å². The van der Waals surface area contributed by atoms with Gasteiger partial charge in [0.2, 0.25) is 0 Å². The van der Waals surface area contributed by atoms with Gasteiger partial charge in [0, 0.05) is 11.6 Å². The number of thioether (sulfide) groups is 1. The maximum Gasteiger partial charge on any atom is 0.417 e. The van der Waals surface area contributed by atoms with Gasteiger partial charge in [0.05, 0.1) is 29.4 Å². The van der Waals surface area contributed by atoms with Crippen LogP contribution in [0.4, 0.5) is 30.7 Å². The molecule has 1 saturated heterocycles. The van der Waals surface area contributed by atoms with Gasteiger partial charge in [0.25, 0.3) is 5.91 Å². The van der Waals surface area contributed by atoms with Crippen LogP contribution in [0.1, 0.15) is 16.7 Å². The lowest BCUT2D eigenvalue weighted by atomic mass is 10.0. The van der Waals surface area contributed by atoms with Crippen LogP contribution >= 0.6 is 11.8 Å². The van der Waals surface area contributed by atoms with E-state index in [2.05, 4.69) is 20.3 Å². The molecule has 2 rings (SSSR count). The third-order valence-corrected chi connectivity index (χ3v) is 4.10. The van der Waals surface area contributed by atoms with E-state index in [4.69, 9.17) is 0 Å². The zero-order valence-electron chi connectivity index (χ0n) is 14.0. The molecule has 1 fully saturated rings. The Kier molecular flexibility index (Phi) is 6.35. The second-order valence-electron chi connectivity index (χ2n) is 5.15. The molecule has 1 N–H and O–H groups in total. The molecule has 0 bridgehead atoms. The van der Waals surface area contributed by atoms with Gasteiger partial charge in [0.15, 0.2) is 5.17 Å². The predicted octanol–water partition coefficient (Wildman–Crippen LogP) is 3.47. The van der Waals surface area contributed by atoms with Crippen molar-refractivity contribution < 1.29 is 45.1 Å². The second kappa shape index (κ2) is 8.23. The summed E-state index contributed by atoms with van der Waals surface area (Å²) in [4.78, 5) is 22.5. The maximum absolute atomic E-state index is 13.9. The summed E-state index contributed by atoms with van der Waals surface area (Å²) in [7, 11) is 1.06. The number of ether oxygens (including phenoxy) is 1. The summed E-state index contributed by atoms with van der Waals surface area (Å²) < 4.78 is 95.3. The molecule has 1 aromatic carbocycles. The Morgan fingerprint density at radius 1 is 1.17 bits per heavy atom. The average molecular weight is 443 g/mol. The van der Waals surface area contributed by atoms with E-state index in [0.717, 1.165) is 13.2 Å². The molecular formula is C15H8F7N3O3S. The molecule has 0 unspecified atom stereocenters. The first-order chi connectivity index (χ1) is 13.3. The van der Waals surface area contributed by atoms with Crippen LogP contribution in [-0.4, -0.2) is 30.4 Å². The lowest BCUT2D eigenvalue weighted by Crippen LogP contribution is -2.19. The molecule has 1 aromatic rings. The monoisotopic (exact) mass is 443 g/mol. The van der Waals surface area contributed by atoms with Crippen molar-refractivity contribution in [3.05, 3.63) is 45.6 Å². The number of nitrogens with one attached hydrogen (secondary N) is 1. The standard InChI is InChI=1S/C15H8F7N3O3S/c1-28-11(26)4-10-12(27)24-13(29-10)25-23-5-7-8(15(20,21)22)2-6(3-9(7)16)14(17,18)19/h2-5H,1H3,(H,24,25,27)/b10-4+,23-5?. The Bertz CT molecular complexity index is 936. The first-order valence-corrected chi connectivity index (χ1v) is 8.02. The number of hydrogen-bond donors (Lipinski definition) is 1. The quantitative estimate of drug-likeness (QED) is 0.255. The van der Waals surface area contributed by atoms with Crippen molar-refractivity contribution in [1.82, 2.24) is 5.32 Å². The summed E-state index contributed by atoms with van der Waals surface area (Å²) in [5, 5.41) is 8.40. The van der Waals surface area contributed by atoms with Gasteiger partial charge >= 0.3 is 18.3 Å². The number of amides is 1. The zero-order valence-corrected chi connectivity index (χ0v) is 14.8. The van der Waals surface area contributed by atoms with Crippen molar-refractivity contribution >= 4 is 35.0 Å². The van der Waals surface area contributed by atoms with E-state index < -0.39 is 46.7 Å². The van der Waals surface area contributed by atoms with Crippen molar-refractivity contribution in [2.24, 2.45) is 10.2 Å². The number of halogens is 7. The molecule has 0 radical (unpaired) electrons. The highest BCUT2D eigenvalue weighted by Gasteiger charge is 2.39. The van der Waals surface area contributed by atoms with Crippen LogP contribution in [0, 0.1) is 5.82 Å². The second-order valence-corrected chi connectivity index (χ2v) is 6.18. The molecule has 0 aromatic heterocycles. The molecule has 1 aliphatic rings. The number of methoxy groups -OCH3 is 1. The Morgan fingerprint density at radius 3 is 2.38 bits per heavy atom. The molecule has 6 nitrogen and oxygen atoms in total. The number of esters is 1. The predicted molar refractivity (Wildman–Crippen MR) is 87.3 cm³/mol. The number of carbonyl (C=O) groups is 2. The van der Waals surface area contributed by atoms with Gasteiger partial charge in [-0.25, -0.2) is 9.18 Å². The van der Waals surface area contributed by atoms with E-state index in [-0.39, 0.29) is 28.4 Å². The molecular weight excluding hydrogens is 435 g/mol. The van der Waals surface area contributed by atoms with Crippen molar-refractivity contribution in [2.45, 2.75) is 12.4 Å². The fourth-order valence-corrected chi connectivity index (χ4v) is 2.67. The Labute approximate surface area is 161 Å². The van der Waals surface area contributed by atoms with Crippen LogP contribution in [0.3, 0.4) is 0 Å². The van der Waals surface area contributed by atoms with Crippen LogP contribution in [-0.2, 0) is 26.7 Å². The normalized spacial score (nSPS) is 18.0. The summed E-state index contributed by atoms with van der Waals surface area (Å²) >= 11 is 0.589. The van der Waals surface area contributed by atoms with Crippen LogP contribution in [0.5, 0.6) is 0 Å². The number of carbonyl (C=O) groups excluding carboxylic acids is 2. The van der Waals surface area contributed by atoms with E-state index in [0.29, 0.717) is 11.8 Å². The third kappa shape index (κ3) is 5.56. The number of hydrogen-bond acceptors (Lipinski definition) is 6. The number of rotatable bonds is 3. The van der Waals surface area contributed by atoms with E-state index in [9.17, 15) is 40.3 Å². The summed E-state index contributed by atoms with van der Waals surface area (Å²) in [6.07, 6.45) is -9.41. The fourth-order valence-electron chi connectivity index (χ4n) is 1.93. The molecule has 1 amide bonds. The van der Waals surface area contributed by atoms with E-state index >= 15 is 0 Å². The van der Waals surface area contributed by atoms with Crippen molar-refractivity contribution in [1.29, 1.82) is 0 Å². The van der Waals surface area contributed by atoms with E-state index in [1.807, 2.05) is 0 Å². The molecule has 29 heavy (non-hydrogen) atoms. The van der Waals surface area contributed by atoms with Gasteiger partial charge in [-0.3, -0.25) is 10.1 Å². The summed E-state index contributed by atoms with van der Waals surface area (Å²) in [5.74, 6) is -3.44. The number of alkyl halides is 6. The highest BCUT2D eigenvalue weighted by molar-refractivity contribution is 8.18. The lowest BCUT2D eigenvalue weighted by Gasteiger charge is -2.14. The van der Waals surface area contributed by atoms with Gasteiger partial charge in [-0.05, 0) is 23.9 Å². The first-order valence-electron chi connectivity index (χ1n) is 7.20. The lowest BCUT2D eigenvalue weighted by molar-refractivity contribution is -0.143. The molecule has 1 heterocycles. The third-order valence-electron chi connectivity index (χ3n) is 3.20. The van der Waals surface area contributed by atoms with Crippen molar-refractivity contribution in [2.75, 3.05) is 7.11 Å². The number of amidine groups is 1. The number of benzene rings is 1. The highest BCUT2D eigenvalue weighted by atomic mass is 32.2. The molecule has 0 atom stereocenters. The minimum atomic E-state index is -5.30. The molecule has 156 valence electrons. The maximum atomic E-state index is 13.9. The topological polar surface area (TPSA) is 80.1 Å². The van der Waals surface area contributed by atoms with Gasteiger partial charge in [-0.1, -0.05) is 0 Å². The zero-order chi connectivity index (χ0) is 22.0. The van der Waals surface area contributed by atoms with Crippen LogP contribution in [0.15, 0.2) is 33.3 Å². The Morgan fingerprint density at radius 2 is 1.83 bits per heavy atom. The highest BCUT2D eigenvalue weighted by Crippen LogP contribution is 2.38. The summed E-state index contributed by atoms with van der Waals surface area (Å²) in [5.41, 5.74) is -4.99. The van der Waals surface area contributed by atoms with E-state index in [1.165, 1.54) is 0 Å². The molecule has 0 aliphatic carbocycles. The first kappa shape index (κ1) is 22.4. The average Bonchev–Trinajstić information content (AvgIpc) is 2.93. The number of nitrogens with zero attached hydrogens (tertiary/aromatic N) is 2. The van der Waals surface area contributed by atoms with Crippen LogP contribution in [0.2, 0.25) is 0 Å². The van der Waals surface area contributed by atoms with Gasteiger partial charge in [0.1, 0.15) is 5.82 Å². The minimum absolute atomic E-state index is 0.104. The van der Waals surface area contributed by atoms with Crippen molar-refractivity contribution in [3.63, 3.8) is 0 Å². The molecule has 1 aliphatic heterocycles. The van der Waals surface area contributed by atoms with Crippen LogP contribution < -0.4 is 5.32 Å². The Balaban J connectivity index is 2.36. The van der Waals surface area contributed by atoms with Gasteiger partial charge in [-0.15, -0.1) is 5.10 Å². The Hall–Kier alpha value is -2.90. The smallest absolute Gasteiger partial charge is 0.417 e. The molecule has 0 spiro atoms. The van der Waals surface area contributed by atoms with Crippen LogP contribution in [0.25, 0.3) is 0 Å². The minimum Gasteiger partial charge on any atom is -0.466 e. The SMILES string of the molecule is COC(=O)/C=C1/S/C(=N\N=Cc2c(F)cc(C(F)(F)F)cc2C(F)(F)F)NC1=O. The molecule has 0 saturated carbocycles. The summed E-state index contributed by atoms with van der Waals surface area (Å²) in [6, 6.07) is -0.353. The molecule has 14 heteroatoms. The summed E-state index contributed by atoms with van der Waals surface area (Å²) in [6.45, 7) is 0.